The van der Waals surface area contributed by atoms with Crippen molar-refractivity contribution in [1.82, 2.24) is 9.55 Å². The van der Waals surface area contributed by atoms with E-state index in [1.54, 1.807) is 0 Å². The Morgan fingerprint density at radius 1 is 1.31 bits per heavy atom. The van der Waals surface area contributed by atoms with E-state index in [-0.39, 0.29) is 24.5 Å². The van der Waals surface area contributed by atoms with Crippen molar-refractivity contribution < 1.29 is 22.8 Å². The van der Waals surface area contributed by atoms with Crippen molar-refractivity contribution in [2.75, 3.05) is 10.6 Å². The van der Waals surface area contributed by atoms with Crippen molar-refractivity contribution in [1.29, 1.82) is 0 Å². The maximum atomic E-state index is 12.1. The van der Waals surface area contributed by atoms with E-state index in [0.29, 0.717) is 4.57 Å². The topological polar surface area (TPSA) is 76.0 Å². The predicted octanol–water partition coefficient (Wildman–Crippen LogP) is 0.582. The molecule has 2 N–H and O–H groups in total. The van der Waals surface area contributed by atoms with Crippen LogP contribution in [0.1, 0.15) is 0 Å². The Labute approximate surface area is 87.4 Å². The van der Waals surface area contributed by atoms with E-state index in [0.717, 1.165) is 6.33 Å². The standard InChI is InChI=1S/C7H7F3N4O2/c8-7(9,10)1-14-2-11-5(12-3-15)6(14)13-4-16/h2-4H,1H2,(H,12,15)(H,13,16). The minimum Gasteiger partial charge on any atom is -0.312 e. The van der Waals surface area contributed by atoms with Gasteiger partial charge in [-0.1, -0.05) is 0 Å². The molecule has 88 valence electrons. The molecule has 9 heteroatoms. The van der Waals surface area contributed by atoms with Gasteiger partial charge in [0.2, 0.25) is 12.8 Å². The number of nitrogens with zero attached hydrogens (tertiary/aromatic N) is 2. The summed E-state index contributed by atoms with van der Waals surface area (Å²) in [5.41, 5.74) is 0. The zero-order valence-corrected chi connectivity index (χ0v) is 7.78. The number of carbonyl (C=O) groups is 2. The minimum absolute atomic E-state index is 0.147. The fourth-order valence-corrected chi connectivity index (χ4v) is 1.06. The molecule has 0 unspecified atom stereocenters. The molecule has 1 aromatic rings. The highest BCUT2D eigenvalue weighted by Crippen LogP contribution is 2.24. The number of halogens is 3. The van der Waals surface area contributed by atoms with Crippen molar-refractivity contribution in [3.05, 3.63) is 6.33 Å². The van der Waals surface area contributed by atoms with Gasteiger partial charge in [-0.15, -0.1) is 0 Å². The molecule has 6 nitrogen and oxygen atoms in total. The molecular weight excluding hydrogens is 229 g/mol. The largest absolute Gasteiger partial charge is 0.406 e. The van der Waals surface area contributed by atoms with Crippen LogP contribution in [0.15, 0.2) is 6.33 Å². The van der Waals surface area contributed by atoms with Gasteiger partial charge in [0.25, 0.3) is 0 Å². The van der Waals surface area contributed by atoms with Crippen molar-refractivity contribution in [3.8, 4) is 0 Å². The summed E-state index contributed by atoms with van der Waals surface area (Å²) in [4.78, 5) is 23.8. The number of imidazole rings is 1. The minimum atomic E-state index is -4.45. The first kappa shape index (κ1) is 12.0. The van der Waals surface area contributed by atoms with Crippen LogP contribution in [-0.2, 0) is 16.1 Å². The second-order valence-corrected chi connectivity index (χ2v) is 2.71. The third kappa shape index (κ3) is 2.97. The Hall–Kier alpha value is -2.06. The number of anilines is 2. The first-order chi connectivity index (χ1) is 7.48. The summed E-state index contributed by atoms with van der Waals surface area (Å²) >= 11 is 0. The summed E-state index contributed by atoms with van der Waals surface area (Å²) in [6.45, 7) is -1.31. The third-order valence-corrected chi connectivity index (χ3v) is 1.58. The van der Waals surface area contributed by atoms with Gasteiger partial charge in [-0.05, 0) is 0 Å². The highest BCUT2D eigenvalue weighted by atomic mass is 19.4. The highest BCUT2D eigenvalue weighted by molar-refractivity contribution is 5.82. The first-order valence-corrected chi connectivity index (χ1v) is 4.00. The van der Waals surface area contributed by atoms with Gasteiger partial charge in [0.05, 0.1) is 6.33 Å². The maximum Gasteiger partial charge on any atom is 0.406 e. The Bertz CT molecular complexity index is 387. The molecule has 0 aliphatic heterocycles. The number of hydrogen-bond donors (Lipinski definition) is 2. The fourth-order valence-electron chi connectivity index (χ4n) is 1.06. The van der Waals surface area contributed by atoms with Gasteiger partial charge >= 0.3 is 6.18 Å². The molecule has 0 aliphatic carbocycles. The average molecular weight is 236 g/mol. The monoisotopic (exact) mass is 236 g/mol. The molecule has 0 aromatic carbocycles. The van der Waals surface area contributed by atoms with Crippen molar-refractivity contribution in [3.63, 3.8) is 0 Å². The van der Waals surface area contributed by atoms with Crippen molar-refractivity contribution in [2.45, 2.75) is 12.7 Å². The summed E-state index contributed by atoms with van der Waals surface area (Å²) in [5.74, 6) is -0.370. The van der Waals surface area contributed by atoms with Crippen LogP contribution in [0.4, 0.5) is 24.8 Å². The van der Waals surface area contributed by atoms with Crippen LogP contribution in [0.25, 0.3) is 0 Å². The summed E-state index contributed by atoms with van der Waals surface area (Å²) in [6.07, 6.45) is -3.14. The molecular formula is C7H7F3N4O2. The molecule has 16 heavy (non-hydrogen) atoms. The number of alkyl halides is 3. The quantitative estimate of drug-likeness (QED) is 0.734. The number of rotatable bonds is 5. The van der Waals surface area contributed by atoms with Crippen LogP contribution in [0, 0.1) is 0 Å². The van der Waals surface area contributed by atoms with Crippen LogP contribution in [0.2, 0.25) is 0 Å². The number of hydrogen-bond acceptors (Lipinski definition) is 3. The Morgan fingerprint density at radius 2 is 1.94 bits per heavy atom. The van der Waals surface area contributed by atoms with E-state index >= 15 is 0 Å². The summed E-state index contributed by atoms with van der Waals surface area (Å²) in [6, 6.07) is 0. The van der Waals surface area contributed by atoms with E-state index in [1.165, 1.54) is 0 Å². The van der Waals surface area contributed by atoms with Crippen LogP contribution in [0.5, 0.6) is 0 Å². The number of amides is 2. The molecule has 0 radical (unpaired) electrons. The first-order valence-electron chi connectivity index (χ1n) is 4.00. The van der Waals surface area contributed by atoms with Crippen LogP contribution in [0.3, 0.4) is 0 Å². The molecule has 0 spiro atoms. The van der Waals surface area contributed by atoms with Gasteiger partial charge in [0, 0.05) is 0 Å². The van der Waals surface area contributed by atoms with E-state index in [9.17, 15) is 22.8 Å². The Morgan fingerprint density at radius 3 is 2.44 bits per heavy atom. The van der Waals surface area contributed by atoms with E-state index in [1.807, 2.05) is 5.32 Å². The zero-order chi connectivity index (χ0) is 12.2. The summed E-state index contributed by atoms with van der Waals surface area (Å²) in [5, 5.41) is 4.10. The molecule has 0 bridgehead atoms. The fraction of sp³-hybridized carbons (Fsp3) is 0.286. The molecule has 0 saturated carbocycles. The maximum absolute atomic E-state index is 12.1. The average Bonchev–Trinajstić information content (AvgIpc) is 2.49. The predicted molar refractivity (Wildman–Crippen MR) is 47.7 cm³/mol. The number of nitrogens with one attached hydrogen (secondary N) is 2. The van der Waals surface area contributed by atoms with Gasteiger partial charge in [0.1, 0.15) is 6.54 Å². The summed E-state index contributed by atoms with van der Waals surface area (Å²) in [7, 11) is 0. The van der Waals surface area contributed by atoms with Gasteiger partial charge in [0.15, 0.2) is 11.6 Å². The van der Waals surface area contributed by atoms with Crippen molar-refractivity contribution >= 4 is 24.5 Å². The Kier molecular flexibility index (Phi) is 3.48. The lowest BCUT2D eigenvalue weighted by Gasteiger charge is -2.10. The lowest BCUT2D eigenvalue weighted by Crippen LogP contribution is -2.19. The van der Waals surface area contributed by atoms with Gasteiger partial charge < -0.3 is 15.2 Å². The zero-order valence-electron chi connectivity index (χ0n) is 7.78. The highest BCUT2D eigenvalue weighted by Gasteiger charge is 2.29. The van der Waals surface area contributed by atoms with Crippen molar-refractivity contribution in [2.24, 2.45) is 0 Å². The summed E-state index contributed by atoms with van der Waals surface area (Å²) < 4.78 is 37.0. The van der Waals surface area contributed by atoms with Crippen LogP contribution in [-0.4, -0.2) is 28.5 Å². The van der Waals surface area contributed by atoms with Crippen LogP contribution < -0.4 is 10.6 Å². The second-order valence-electron chi connectivity index (χ2n) is 2.71. The number of carbonyl (C=O) groups excluding carboxylic acids is 2. The molecule has 0 fully saturated rings. The molecule has 1 heterocycles. The van der Waals surface area contributed by atoms with Gasteiger partial charge in [-0.25, -0.2) is 4.98 Å². The molecule has 1 rings (SSSR count). The SMILES string of the molecule is O=CNc1ncn(CC(F)(F)F)c1NC=O. The van der Waals surface area contributed by atoms with Gasteiger partial charge in [-0.2, -0.15) is 13.2 Å². The normalized spacial score (nSPS) is 10.9. The van der Waals surface area contributed by atoms with E-state index < -0.39 is 12.7 Å². The molecule has 0 saturated heterocycles. The van der Waals surface area contributed by atoms with Gasteiger partial charge in [-0.3, -0.25) is 9.59 Å². The second kappa shape index (κ2) is 4.64. The molecule has 0 atom stereocenters. The van der Waals surface area contributed by atoms with E-state index in [2.05, 4.69) is 10.3 Å². The molecule has 2 amide bonds. The number of aromatic nitrogens is 2. The van der Waals surface area contributed by atoms with Crippen LogP contribution >= 0.6 is 0 Å². The van der Waals surface area contributed by atoms with E-state index in [4.69, 9.17) is 0 Å². The lowest BCUT2D eigenvalue weighted by atomic mass is 10.5. The third-order valence-electron chi connectivity index (χ3n) is 1.58. The smallest absolute Gasteiger partial charge is 0.312 e. The molecule has 1 aromatic heterocycles. The molecule has 0 aliphatic rings. The Balaban J connectivity index is 2.99. The lowest BCUT2D eigenvalue weighted by molar-refractivity contribution is -0.140.